The first-order valence-corrected chi connectivity index (χ1v) is 6.82. The highest BCUT2D eigenvalue weighted by Gasteiger charge is 2.33. The molecule has 0 spiro atoms. The summed E-state index contributed by atoms with van der Waals surface area (Å²) in [6.07, 6.45) is 0.913. The van der Waals surface area contributed by atoms with Crippen molar-refractivity contribution in [1.29, 1.82) is 0 Å². The number of phenols is 1. The maximum absolute atomic E-state index is 9.75. The van der Waals surface area contributed by atoms with Crippen LogP contribution in [-0.4, -0.2) is 18.2 Å². The fraction of sp³-hybridized carbons (Fsp3) is 0.250. The van der Waals surface area contributed by atoms with E-state index in [-0.39, 0.29) is 5.75 Å². The number of likely N-dealkylation sites (N-methyl/N-ethyl adjacent to an activating group) is 1. The molecule has 19 heavy (non-hydrogen) atoms. The van der Waals surface area contributed by atoms with Crippen molar-refractivity contribution in [3.05, 3.63) is 64.2 Å². The zero-order valence-corrected chi connectivity index (χ0v) is 11.5. The second kappa shape index (κ2) is 4.87. The Morgan fingerprint density at radius 1 is 1.21 bits per heavy atom. The standard InChI is InChI=1S/C16H16ClNO/c1-18-14-7-11-8-15(19)13(17)9-12(11)16(14)10-5-3-2-4-6-10/h2-6,8-9,14,16,18-19H,7H2,1H3/t14-,16-/m1/s1. The van der Waals surface area contributed by atoms with E-state index in [1.54, 1.807) is 6.07 Å². The number of hydrogen-bond acceptors (Lipinski definition) is 2. The van der Waals surface area contributed by atoms with Gasteiger partial charge in [-0.1, -0.05) is 41.9 Å². The van der Waals surface area contributed by atoms with Crippen molar-refractivity contribution in [2.24, 2.45) is 0 Å². The highest BCUT2D eigenvalue weighted by Crippen LogP contribution is 2.42. The number of fused-ring (bicyclic) bond motifs is 1. The van der Waals surface area contributed by atoms with E-state index < -0.39 is 0 Å². The summed E-state index contributed by atoms with van der Waals surface area (Å²) in [5.74, 6) is 0.461. The molecule has 2 aromatic rings. The van der Waals surface area contributed by atoms with Crippen molar-refractivity contribution in [1.82, 2.24) is 5.32 Å². The van der Waals surface area contributed by atoms with Crippen LogP contribution in [0.3, 0.4) is 0 Å². The van der Waals surface area contributed by atoms with Gasteiger partial charge in [0.25, 0.3) is 0 Å². The molecular formula is C16H16ClNO. The van der Waals surface area contributed by atoms with Crippen LogP contribution in [0.5, 0.6) is 5.75 Å². The third kappa shape index (κ3) is 2.11. The quantitative estimate of drug-likeness (QED) is 0.880. The molecular weight excluding hydrogens is 258 g/mol. The van der Waals surface area contributed by atoms with Crippen molar-refractivity contribution in [2.45, 2.75) is 18.4 Å². The van der Waals surface area contributed by atoms with E-state index in [9.17, 15) is 5.11 Å². The first-order chi connectivity index (χ1) is 9.20. The lowest BCUT2D eigenvalue weighted by Crippen LogP contribution is -2.29. The number of halogens is 1. The molecule has 2 nitrogen and oxygen atoms in total. The normalized spacial score (nSPS) is 21.4. The van der Waals surface area contributed by atoms with Crippen molar-refractivity contribution in [2.75, 3.05) is 7.05 Å². The first kappa shape index (κ1) is 12.5. The van der Waals surface area contributed by atoms with Crippen LogP contribution in [-0.2, 0) is 6.42 Å². The van der Waals surface area contributed by atoms with E-state index in [2.05, 4.69) is 29.6 Å². The molecule has 0 saturated carbocycles. The summed E-state index contributed by atoms with van der Waals surface area (Å²) in [4.78, 5) is 0. The van der Waals surface area contributed by atoms with Crippen LogP contribution >= 0.6 is 11.6 Å². The molecule has 0 heterocycles. The van der Waals surface area contributed by atoms with Crippen LogP contribution < -0.4 is 5.32 Å². The Hall–Kier alpha value is -1.51. The highest BCUT2D eigenvalue weighted by molar-refractivity contribution is 6.32. The first-order valence-electron chi connectivity index (χ1n) is 6.44. The Balaban J connectivity index is 2.12. The van der Waals surface area contributed by atoms with Gasteiger partial charge in [0.15, 0.2) is 0 Å². The SMILES string of the molecule is CN[C@@H]1Cc2cc(O)c(Cl)cc2[C@H]1c1ccccc1. The molecule has 0 radical (unpaired) electrons. The van der Waals surface area contributed by atoms with Gasteiger partial charge in [0, 0.05) is 12.0 Å². The molecule has 2 atom stereocenters. The lowest BCUT2D eigenvalue weighted by Gasteiger charge is -2.20. The van der Waals surface area contributed by atoms with Gasteiger partial charge < -0.3 is 10.4 Å². The molecule has 98 valence electrons. The Labute approximate surface area is 118 Å². The molecule has 0 amide bonds. The van der Waals surface area contributed by atoms with Crippen LogP contribution in [0.1, 0.15) is 22.6 Å². The van der Waals surface area contributed by atoms with Crippen LogP contribution in [0, 0.1) is 0 Å². The van der Waals surface area contributed by atoms with E-state index in [0.717, 1.165) is 6.42 Å². The predicted octanol–water partition coefficient (Wildman–Crippen LogP) is 3.32. The van der Waals surface area contributed by atoms with Crippen molar-refractivity contribution < 1.29 is 5.11 Å². The number of hydrogen-bond donors (Lipinski definition) is 2. The minimum absolute atomic E-state index is 0.170. The Bertz CT molecular complexity index is 597. The second-order valence-electron chi connectivity index (χ2n) is 4.99. The molecule has 0 aliphatic heterocycles. The Kier molecular flexibility index (Phi) is 3.21. The molecule has 2 aromatic carbocycles. The third-order valence-electron chi connectivity index (χ3n) is 3.92. The fourth-order valence-corrected chi connectivity index (χ4v) is 3.17. The molecule has 0 bridgehead atoms. The third-order valence-corrected chi connectivity index (χ3v) is 4.22. The zero-order chi connectivity index (χ0) is 13.4. The van der Waals surface area contributed by atoms with Gasteiger partial charge in [-0.25, -0.2) is 0 Å². The molecule has 0 unspecified atom stereocenters. The Morgan fingerprint density at radius 3 is 2.63 bits per heavy atom. The van der Waals surface area contributed by atoms with E-state index in [0.29, 0.717) is 17.0 Å². The molecule has 1 aliphatic carbocycles. The molecule has 3 rings (SSSR count). The molecule has 0 aromatic heterocycles. The number of phenolic OH excluding ortho intramolecular Hbond substituents is 1. The van der Waals surface area contributed by atoms with Gasteiger partial charge in [-0.2, -0.15) is 0 Å². The summed E-state index contributed by atoms with van der Waals surface area (Å²) in [6.45, 7) is 0. The van der Waals surface area contributed by atoms with Crippen molar-refractivity contribution >= 4 is 11.6 Å². The lowest BCUT2D eigenvalue weighted by atomic mass is 9.90. The lowest BCUT2D eigenvalue weighted by molar-refractivity contribution is 0.475. The number of rotatable bonds is 2. The second-order valence-corrected chi connectivity index (χ2v) is 5.40. The monoisotopic (exact) mass is 273 g/mol. The van der Waals surface area contributed by atoms with E-state index in [1.807, 2.05) is 19.2 Å². The molecule has 0 fully saturated rings. The van der Waals surface area contributed by atoms with Crippen LogP contribution in [0.4, 0.5) is 0 Å². The average molecular weight is 274 g/mol. The van der Waals surface area contributed by atoms with Gasteiger partial charge in [0.2, 0.25) is 0 Å². The minimum atomic E-state index is 0.170. The molecule has 1 aliphatic rings. The number of nitrogens with one attached hydrogen (secondary N) is 1. The van der Waals surface area contributed by atoms with Crippen molar-refractivity contribution in [3.63, 3.8) is 0 Å². The average Bonchev–Trinajstić information content (AvgIpc) is 2.78. The largest absolute Gasteiger partial charge is 0.506 e. The zero-order valence-electron chi connectivity index (χ0n) is 10.7. The molecule has 2 N–H and O–H groups in total. The van der Waals surface area contributed by atoms with Gasteiger partial charge in [0.1, 0.15) is 5.75 Å². The molecule has 3 heteroatoms. The van der Waals surface area contributed by atoms with Crippen LogP contribution in [0.2, 0.25) is 5.02 Å². The van der Waals surface area contributed by atoms with Crippen LogP contribution in [0.25, 0.3) is 0 Å². The summed E-state index contributed by atoms with van der Waals surface area (Å²) < 4.78 is 0. The van der Waals surface area contributed by atoms with Gasteiger partial charge in [-0.05, 0) is 42.3 Å². The van der Waals surface area contributed by atoms with E-state index in [1.165, 1.54) is 16.7 Å². The Morgan fingerprint density at radius 2 is 1.95 bits per heavy atom. The minimum Gasteiger partial charge on any atom is -0.506 e. The van der Waals surface area contributed by atoms with Gasteiger partial charge in [-0.3, -0.25) is 0 Å². The van der Waals surface area contributed by atoms with Crippen LogP contribution in [0.15, 0.2) is 42.5 Å². The number of benzene rings is 2. The van der Waals surface area contributed by atoms with Gasteiger partial charge >= 0.3 is 0 Å². The van der Waals surface area contributed by atoms with E-state index >= 15 is 0 Å². The maximum atomic E-state index is 9.75. The highest BCUT2D eigenvalue weighted by atomic mass is 35.5. The summed E-state index contributed by atoms with van der Waals surface area (Å²) >= 11 is 6.07. The van der Waals surface area contributed by atoms with E-state index in [4.69, 9.17) is 11.6 Å². The molecule has 0 saturated heterocycles. The van der Waals surface area contributed by atoms with Gasteiger partial charge in [0.05, 0.1) is 5.02 Å². The topological polar surface area (TPSA) is 32.3 Å². The summed E-state index contributed by atoms with van der Waals surface area (Å²) in [7, 11) is 1.98. The number of aromatic hydroxyl groups is 1. The summed E-state index contributed by atoms with van der Waals surface area (Å²) in [5, 5.41) is 13.5. The van der Waals surface area contributed by atoms with Gasteiger partial charge in [-0.15, -0.1) is 0 Å². The summed E-state index contributed by atoms with van der Waals surface area (Å²) in [6, 6.07) is 14.5. The summed E-state index contributed by atoms with van der Waals surface area (Å²) in [5.41, 5.74) is 3.67. The maximum Gasteiger partial charge on any atom is 0.134 e. The fourth-order valence-electron chi connectivity index (χ4n) is 3.00. The smallest absolute Gasteiger partial charge is 0.134 e. The van der Waals surface area contributed by atoms with Crippen molar-refractivity contribution in [3.8, 4) is 5.75 Å². The predicted molar refractivity (Wildman–Crippen MR) is 78.0 cm³/mol.